The Morgan fingerprint density at radius 1 is 1.41 bits per heavy atom. The zero-order valence-electron chi connectivity index (χ0n) is 9.82. The van der Waals surface area contributed by atoms with Crippen molar-refractivity contribution in [3.63, 3.8) is 0 Å². The third-order valence-corrected chi connectivity index (χ3v) is 3.43. The number of hydrogen-bond donors (Lipinski definition) is 0. The van der Waals surface area contributed by atoms with Crippen LogP contribution in [0.4, 0.5) is 5.69 Å². The van der Waals surface area contributed by atoms with Crippen LogP contribution in [0.5, 0.6) is 0 Å². The van der Waals surface area contributed by atoms with Crippen molar-refractivity contribution in [1.82, 2.24) is 0 Å². The van der Waals surface area contributed by atoms with Crippen molar-refractivity contribution in [2.75, 3.05) is 25.1 Å². The zero-order valence-corrected chi connectivity index (χ0v) is 10.6. The van der Waals surface area contributed by atoms with E-state index in [2.05, 4.69) is 11.0 Å². The predicted molar refractivity (Wildman–Crippen MR) is 68.4 cm³/mol. The van der Waals surface area contributed by atoms with Gasteiger partial charge in [0.05, 0.1) is 17.4 Å². The van der Waals surface area contributed by atoms with Crippen LogP contribution in [-0.4, -0.2) is 26.3 Å². The summed E-state index contributed by atoms with van der Waals surface area (Å²) in [7, 11) is 1.75. The monoisotopic (exact) mass is 250 g/mol. The van der Waals surface area contributed by atoms with Gasteiger partial charge in [-0.15, -0.1) is 0 Å². The number of halogens is 1. The summed E-state index contributed by atoms with van der Waals surface area (Å²) in [5.74, 6) is 0. The lowest BCUT2D eigenvalue weighted by Gasteiger charge is -2.33. The molecule has 17 heavy (non-hydrogen) atoms. The lowest BCUT2D eigenvalue weighted by atomic mass is 10.1. The molecule has 1 fully saturated rings. The van der Waals surface area contributed by atoms with Gasteiger partial charge < -0.3 is 9.64 Å². The van der Waals surface area contributed by atoms with Crippen molar-refractivity contribution in [2.45, 2.75) is 18.9 Å². The molecule has 90 valence electrons. The quantitative estimate of drug-likeness (QED) is 0.810. The predicted octanol–water partition coefficient (Wildman–Crippen LogP) is 2.83. The van der Waals surface area contributed by atoms with Crippen LogP contribution in [0.15, 0.2) is 18.2 Å². The highest BCUT2D eigenvalue weighted by molar-refractivity contribution is 6.30. The Hall–Kier alpha value is -1.24. The van der Waals surface area contributed by atoms with Gasteiger partial charge in [0.2, 0.25) is 0 Å². The molecule has 4 heteroatoms. The molecule has 1 aromatic carbocycles. The van der Waals surface area contributed by atoms with Crippen LogP contribution in [-0.2, 0) is 4.74 Å². The third-order valence-electron chi connectivity index (χ3n) is 3.20. The Labute approximate surface area is 107 Å². The molecule has 0 aromatic heterocycles. The first-order valence-corrected chi connectivity index (χ1v) is 6.10. The van der Waals surface area contributed by atoms with E-state index >= 15 is 0 Å². The second kappa shape index (κ2) is 5.39. The molecule has 0 radical (unpaired) electrons. The molecule has 0 amide bonds. The fourth-order valence-electron chi connectivity index (χ4n) is 2.21. The van der Waals surface area contributed by atoms with Crippen LogP contribution in [0.1, 0.15) is 18.4 Å². The second-order valence-corrected chi connectivity index (χ2v) is 4.63. The number of anilines is 1. The molecule has 1 aliphatic rings. The standard InChI is InChI=1S/C13H15ClN2O/c1-17-12-4-6-16(7-5-12)13-3-2-11(14)8-10(13)9-15/h2-3,8,12H,4-7H2,1H3. The number of ether oxygens (including phenoxy) is 1. The minimum absolute atomic E-state index is 0.351. The van der Waals surface area contributed by atoms with E-state index in [1.807, 2.05) is 12.1 Å². The highest BCUT2D eigenvalue weighted by atomic mass is 35.5. The smallest absolute Gasteiger partial charge is 0.101 e. The van der Waals surface area contributed by atoms with Gasteiger partial charge in [-0.1, -0.05) is 11.6 Å². The Morgan fingerprint density at radius 3 is 2.71 bits per heavy atom. The summed E-state index contributed by atoms with van der Waals surface area (Å²) in [4.78, 5) is 2.23. The molecule has 1 heterocycles. The maximum absolute atomic E-state index is 9.11. The van der Waals surface area contributed by atoms with Gasteiger partial charge in [0, 0.05) is 25.2 Å². The average molecular weight is 251 g/mol. The van der Waals surface area contributed by atoms with Gasteiger partial charge in [-0.3, -0.25) is 0 Å². The topological polar surface area (TPSA) is 36.3 Å². The SMILES string of the molecule is COC1CCN(c2ccc(Cl)cc2C#N)CC1. The molecule has 0 spiro atoms. The molecular formula is C13H15ClN2O. The molecule has 0 unspecified atom stereocenters. The maximum atomic E-state index is 9.11. The lowest BCUT2D eigenvalue weighted by molar-refractivity contribution is 0.0819. The molecule has 0 N–H and O–H groups in total. The van der Waals surface area contributed by atoms with E-state index in [-0.39, 0.29) is 0 Å². The largest absolute Gasteiger partial charge is 0.381 e. The molecular weight excluding hydrogens is 236 g/mol. The van der Waals surface area contributed by atoms with Crippen LogP contribution in [0.3, 0.4) is 0 Å². The van der Waals surface area contributed by atoms with Crippen molar-refractivity contribution in [3.8, 4) is 6.07 Å². The van der Waals surface area contributed by atoms with Crippen LogP contribution in [0.25, 0.3) is 0 Å². The zero-order chi connectivity index (χ0) is 12.3. The highest BCUT2D eigenvalue weighted by Gasteiger charge is 2.20. The first-order valence-electron chi connectivity index (χ1n) is 5.72. The van der Waals surface area contributed by atoms with Crippen molar-refractivity contribution in [1.29, 1.82) is 5.26 Å². The number of hydrogen-bond acceptors (Lipinski definition) is 3. The minimum Gasteiger partial charge on any atom is -0.381 e. The normalized spacial score (nSPS) is 16.9. The van der Waals surface area contributed by atoms with Crippen LogP contribution in [0.2, 0.25) is 5.02 Å². The molecule has 3 nitrogen and oxygen atoms in total. The lowest BCUT2D eigenvalue weighted by Crippen LogP contribution is -2.37. The number of piperidine rings is 1. The first kappa shape index (κ1) is 12.2. The Bertz CT molecular complexity index is 434. The van der Waals surface area contributed by atoms with E-state index in [1.54, 1.807) is 13.2 Å². The average Bonchev–Trinajstić information content (AvgIpc) is 2.39. The van der Waals surface area contributed by atoms with Crippen molar-refractivity contribution < 1.29 is 4.74 Å². The second-order valence-electron chi connectivity index (χ2n) is 4.20. The summed E-state index contributed by atoms with van der Waals surface area (Å²) in [5.41, 5.74) is 1.62. The van der Waals surface area contributed by atoms with Crippen LogP contribution >= 0.6 is 11.6 Å². The molecule has 1 saturated heterocycles. The number of methoxy groups -OCH3 is 1. The number of nitriles is 1. The number of benzene rings is 1. The first-order chi connectivity index (χ1) is 8.24. The maximum Gasteiger partial charge on any atom is 0.101 e. The van der Waals surface area contributed by atoms with Gasteiger partial charge in [-0.2, -0.15) is 5.26 Å². The highest BCUT2D eigenvalue weighted by Crippen LogP contribution is 2.26. The summed E-state index contributed by atoms with van der Waals surface area (Å²) in [5, 5.41) is 9.72. The fraction of sp³-hybridized carbons (Fsp3) is 0.462. The van der Waals surface area contributed by atoms with Gasteiger partial charge in [0.25, 0.3) is 0 Å². The van der Waals surface area contributed by atoms with Crippen molar-refractivity contribution in [3.05, 3.63) is 28.8 Å². The Balaban J connectivity index is 2.16. The molecule has 0 atom stereocenters. The van der Waals surface area contributed by atoms with Gasteiger partial charge in [-0.25, -0.2) is 0 Å². The van der Waals surface area contributed by atoms with E-state index in [1.165, 1.54) is 0 Å². The Kier molecular flexibility index (Phi) is 3.88. The fourth-order valence-corrected chi connectivity index (χ4v) is 2.38. The summed E-state index contributed by atoms with van der Waals surface area (Å²) < 4.78 is 5.34. The van der Waals surface area contributed by atoms with Crippen LogP contribution in [0, 0.1) is 11.3 Å². The van der Waals surface area contributed by atoms with E-state index in [0.29, 0.717) is 16.7 Å². The van der Waals surface area contributed by atoms with Crippen LogP contribution < -0.4 is 4.90 Å². The molecule has 1 aliphatic heterocycles. The van der Waals surface area contributed by atoms with E-state index < -0.39 is 0 Å². The van der Waals surface area contributed by atoms with E-state index in [4.69, 9.17) is 21.6 Å². The van der Waals surface area contributed by atoms with E-state index in [0.717, 1.165) is 31.6 Å². The molecule has 2 rings (SSSR count). The summed E-state index contributed by atoms with van der Waals surface area (Å²) in [6, 6.07) is 7.68. The van der Waals surface area contributed by atoms with Gasteiger partial charge in [0.1, 0.15) is 6.07 Å². The summed E-state index contributed by atoms with van der Waals surface area (Å²) >= 11 is 5.89. The molecule has 1 aromatic rings. The van der Waals surface area contributed by atoms with Crippen molar-refractivity contribution >= 4 is 17.3 Å². The molecule has 0 aliphatic carbocycles. The van der Waals surface area contributed by atoms with E-state index in [9.17, 15) is 0 Å². The van der Waals surface area contributed by atoms with Gasteiger partial charge >= 0.3 is 0 Å². The number of rotatable bonds is 2. The third kappa shape index (κ3) is 2.71. The number of nitrogens with zero attached hydrogens (tertiary/aromatic N) is 2. The van der Waals surface area contributed by atoms with Gasteiger partial charge in [0.15, 0.2) is 0 Å². The molecule has 0 saturated carbocycles. The summed E-state index contributed by atoms with van der Waals surface area (Å²) in [6.45, 7) is 1.85. The molecule has 0 bridgehead atoms. The summed E-state index contributed by atoms with van der Waals surface area (Å²) in [6.07, 6.45) is 2.36. The van der Waals surface area contributed by atoms with Crippen molar-refractivity contribution in [2.24, 2.45) is 0 Å². The van der Waals surface area contributed by atoms with Gasteiger partial charge in [-0.05, 0) is 31.0 Å². The Morgan fingerprint density at radius 2 is 2.12 bits per heavy atom. The minimum atomic E-state index is 0.351.